The number of ketones is 1. The minimum atomic E-state index is -3.65. The monoisotopic (exact) mass is 516 g/mol. The first-order chi connectivity index (χ1) is 15.7. The first-order valence-electron chi connectivity index (χ1n) is 11.4. The van der Waals surface area contributed by atoms with Crippen molar-refractivity contribution in [3.8, 4) is 0 Å². The summed E-state index contributed by atoms with van der Waals surface area (Å²) in [6.45, 7) is 1.79. The number of carbonyl (C=O) groups is 1. The Labute approximate surface area is 205 Å². The molecule has 0 radical (unpaired) electrons. The molecule has 7 nitrogen and oxygen atoms in total. The highest BCUT2D eigenvalue weighted by molar-refractivity contribution is 7.89. The van der Waals surface area contributed by atoms with Crippen LogP contribution in [0.25, 0.3) is 0 Å². The van der Waals surface area contributed by atoms with Gasteiger partial charge in [-0.1, -0.05) is 25.3 Å². The fraction of sp³-hybridized carbons (Fsp3) is 0.565. The van der Waals surface area contributed by atoms with E-state index in [0.717, 1.165) is 44.2 Å². The lowest BCUT2D eigenvalue weighted by atomic mass is 9.76. The van der Waals surface area contributed by atoms with E-state index in [1.165, 1.54) is 22.9 Å². The van der Waals surface area contributed by atoms with Gasteiger partial charge in [0.1, 0.15) is 11.6 Å². The highest BCUT2D eigenvalue weighted by Crippen LogP contribution is 2.39. The van der Waals surface area contributed by atoms with Gasteiger partial charge in [-0.15, -0.1) is 12.4 Å². The molecule has 4 rings (SSSR count). The lowest BCUT2D eigenvalue weighted by molar-refractivity contribution is 0.0164. The van der Waals surface area contributed by atoms with E-state index >= 15 is 0 Å². The van der Waals surface area contributed by atoms with Gasteiger partial charge in [0.2, 0.25) is 0 Å². The zero-order valence-electron chi connectivity index (χ0n) is 19.3. The van der Waals surface area contributed by atoms with Gasteiger partial charge in [-0.2, -0.15) is 4.31 Å². The Morgan fingerprint density at radius 2 is 1.68 bits per heavy atom. The van der Waals surface area contributed by atoms with Crippen molar-refractivity contribution in [2.45, 2.75) is 55.5 Å². The normalized spacial score (nSPS) is 19.5. The number of aryl methyl sites for hydroxylation is 1. The van der Waals surface area contributed by atoms with Crippen molar-refractivity contribution in [3.05, 3.63) is 47.9 Å². The topological polar surface area (TPSA) is 75.5 Å². The van der Waals surface area contributed by atoms with Crippen LogP contribution in [0, 0.1) is 11.6 Å². The van der Waals surface area contributed by atoms with Gasteiger partial charge in [-0.25, -0.2) is 22.2 Å². The first kappa shape index (κ1) is 26.7. The lowest BCUT2D eigenvalue weighted by Crippen LogP contribution is -2.58. The second-order valence-electron chi connectivity index (χ2n) is 9.07. The summed E-state index contributed by atoms with van der Waals surface area (Å²) in [6.07, 6.45) is 8.49. The Kier molecular flexibility index (Phi) is 8.49. The predicted molar refractivity (Wildman–Crippen MR) is 127 cm³/mol. The molecule has 1 aliphatic carbocycles. The summed E-state index contributed by atoms with van der Waals surface area (Å²) in [6, 6.07) is 3.46. The molecule has 1 saturated heterocycles. The van der Waals surface area contributed by atoms with Gasteiger partial charge in [-0.05, 0) is 31.4 Å². The molecule has 34 heavy (non-hydrogen) atoms. The van der Waals surface area contributed by atoms with Crippen LogP contribution in [0.4, 0.5) is 8.78 Å². The van der Waals surface area contributed by atoms with Crippen molar-refractivity contribution in [2.24, 2.45) is 7.05 Å². The molecule has 2 fully saturated rings. The highest BCUT2D eigenvalue weighted by atomic mass is 35.5. The average Bonchev–Trinajstić information content (AvgIpc) is 3.25. The average molecular weight is 517 g/mol. The maximum Gasteiger partial charge on any atom is 0.262 e. The fourth-order valence-corrected chi connectivity index (χ4v) is 6.62. The van der Waals surface area contributed by atoms with E-state index in [9.17, 15) is 22.0 Å². The Balaban J connectivity index is 0.00000324. The number of Topliss-reactive ketones (excluding diaryl/α,β-unsaturated/α-hetero) is 1. The quantitative estimate of drug-likeness (QED) is 0.523. The largest absolute Gasteiger partial charge is 0.339 e. The van der Waals surface area contributed by atoms with Crippen LogP contribution in [-0.2, 0) is 17.1 Å². The van der Waals surface area contributed by atoms with Gasteiger partial charge in [0.15, 0.2) is 10.8 Å². The molecule has 0 atom stereocenters. The Bertz CT molecular complexity index is 1090. The summed E-state index contributed by atoms with van der Waals surface area (Å²) in [5.41, 5.74) is -0.717. The molecule has 2 aromatic rings. The van der Waals surface area contributed by atoms with Crippen molar-refractivity contribution < 1.29 is 22.0 Å². The van der Waals surface area contributed by atoms with Gasteiger partial charge in [0.25, 0.3) is 10.0 Å². The fourth-order valence-electron chi connectivity index (χ4n) is 5.23. The third-order valence-corrected chi connectivity index (χ3v) is 8.82. The molecule has 2 heterocycles. The second kappa shape index (κ2) is 10.8. The van der Waals surface area contributed by atoms with E-state index in [1.54, 1.807) is 11.6 Å². The van der Waals surface area contributed by atoms with Crippen molar-refractivity contribution in [1.29, 1.82) is 0 Å². The number of hydrogen-bond acceptors (Lipinski definition) is 5. The van der Waals surface area contributed by atoms with E-state index < -0.39 is 33.0 Å². The molecule has 11 heteroatoms. The Hall–Kier alpha value is -1.88. The molecule has 1 aromatic carbocycles. The molecule has 0 spiro atoms. The molecular formula is C23H31ClF2N4O3S. The van der Waals surface area contributed by atoms with Gasteiger partial charge in [0.05, 0.1) is 11.9 Å². The van der Waals surface area contributed by atoms with Crippen LogP contribution in [0.15, 0.2) is 35.7 Å². The van der Waals surface area contributed by atoms with Crippen LogP contribution in [0.3, 0.4) is 0 Å². The number of imidazole rings is 1. The summed E-state index contributed by atoms with van der Waals surface area (Å²) in [7, 11) is -1.92. The maximum atomic E-state index is 14.1. The zero-order chi connectivity index (χ0) is 23.6. The van der Waals surface area contributed by atoms with E-state index in [-0.39, 0.29) is 29.4 Å². The van der Waals surface area contributed by atoms with Gasteiger partial charge in [0, 0.05) is 51.4 Å². The van der Waals surface area contributed by atoms with Crippen LogP contribution in [0.2, 0.25) is 0 Å². The lowest BCUT2D eigenvalue weighted by Gasteiger charge is -2.49. The molecule has 0 N–H and O–H groups in total. The van der Waals surface area contributed by atoms with Crippen LogP contribution < -0.4 is 0 Å². The maximum absolute atomic E-state index is 14.1. The molecule has 0 bridgehead atoms. The molecule has 188 valence electrons. The SMILES string of the molecule is Cl.Cn1cnc(S(=O)(=O)N2CCN(C3(CCC(=O)c4c(F)cccc4F)CCCCC3)CC2)c1. The molecule has 1 aromatic heterocycles. The van der Waals surface area contributed by atoms with Crippen molar-refractivity contribution in [3.63, 3.8) is 0 Å². The Morgan fingerprint density at radius 1 is 1.06 bits per heavy atom. The molecule has 1 saturated carbocycles. The first-order valence-corrected chi connectivity index (χ1v) is 12.9. The van der Waals surface area contributed by atoms with Crippen LogP contribution in [0.5, 0.6) is 0 Å². The Morgan fingerprint density at radius 3 is 2.24 bits per heavy atom. The van der Waals surface area contributed by atoms with E-state index in [2.05, 4.69) is 9.88 Å². The van der Waals surface area contributed by atoms with Crippen molar-refractivity contribution in [1.82, 2.24) is 18.8 Å². The van der Waals surface area contributed by atoms with E-state index in [1.807, 2.05) is 0 Å². The van der Waals surface area contributed by atoms with Crippen LogP contribution >= 0.6 is 12.4 Å². The third-order valence-electron chi connectivity index (χ3n) is 7.04. The molecule has 0 amide bonds. The molecule has 1 aliphatic heterocycles. The standard InChI is InChI=1S/C23H30F2N4O3S.ClH/c1-27-16-21(26-17-27)33(31,32)29-14-12-28(13-15-29)23(9-3-2-4-10-23)11-8-20(30)22-18(24)6-5-7-19(22)25;/h5-7,16-17H,2-4,8-15H2,1H3;1H. The van der Waals surface area contributed by atoms with E-state index in [0.29, 0.717) is 32.6 Å². The van der Waals surface area contributed by atoms with Crippen molar-refractivity contribution in [2.75, 3.05) is 26.2 Å². The molecule has 2 aliphatic rings. The minimum Gasteiger partial charge on any atom is -0.339 e. The number of halogens is 3. The number of nitrogens with zero attached hydrogens (tertiary/aromatic N) is 4. The number of hydrogen-bond donors (Lipinski definition) is 0. The highest BCUT2D eigenvalue weighted by Gasteiger charge is 2.41. The minimum absolute atomic E-state index is 0. The number of benzene rings is 1. The summed E-state index contributed by atoms with van der Waals surface area (Å²) < 4.78 is 57.0. The molecular weight excluding hydrogens is 486 g/mol. The van der Waals surface area contributed by atoms with Crippen molar-refractivity contribution >= 4 is 28.2 Å². The zero-order valence-corrected chi connectivity index (χ0v) is 20.9. The van der Waals surface area contributed by atoms with Gasteiger partial charge < -0.3 is 4.57 Å². The van der Waals surface area contributed by atoms with E-state index in [4.69, 9.17) is 0 Å². The summed E-state index contributed by atoms with van der Waals surface area (Å²) in [5, 5.41) is 0.0448. The van der Waals surface area contributed by atoms with Gasteiger partial charge in [-0.3, -0.25) is 9.69 Å². The number of rotatable bonds is 7. The number of piperazine rings is 1. The van der Waals surface area contributed by atoms with Crippen LogP contribution in [-0.4, -0.2) is 64.7 Å². The molecule has 0 unspecified atom stereocenters. The van der Waals surface area contributed by atoms with Crippen LogP contribution in [0.1, 0.15) is 55.3 Å². The number of aromatic nitrogens is 2. The number of carbonyl (C=O) groups excluding carboxylic acids is 1. The smallest absolute Gasteiger partial charge is 0.262 e. The second-order valence-corrected chi connectivity index (χ2v) is 11.0. The summed E-state index contributed by atoms with van der Waals surface area (Å²) in [4.78, 5) is 19.0. The summed E-state index contributed by atoms with van der Waals surface area (Å²) in [5.74, 6) is -2.18. The van der Waals surface area contributed by atoms with Gasteiger partial charge >= 0.3 is 0 Å². The number of sulfonamides is 1. The third kappa shape index (κ3) is 5.35. The predicted octanol–water partition coefficient (Wildman–Crippen LogP) is 3.79. The summed E-state index contributed by atoms with van der Waals surface area (Å²) >= 11 is 0.